The highest BCUT2D eigenvalue weighted by Crippen LogP contribution is 2.37. The maximum absolute atomic E-state index is 11.0. The molecule has 0 amide bonds. The van der Waals surface area contributed by atoms with Gasteiger partial charge in [-0.3, -0.25) is 0 Å². The van der Waals surface area contributed by atoms with Gasteiger partial charge in [0.2, 0.25) is 0 Å². The van der Waals surface area contributed by atoms with Crippen LogP contribution in [-0.4, -0.2) is 17.5 Å². The lowest BCUT2D eigenvalue weighted by atomic mass is 9.98. The fourth-order valence-corrected chi connectivity index (χ4v) is 5.84. The molecule has 1 aliphatic rings. The smallest absolute Gasteiger partial charge is 0.186 e. The Morgan fingerprint density at radius 2 is 1.86 bits per heavy atom. The lowest BCUT2D eigenvalue weighted by Crippen LogP contribution is -2.23. The number of carboxylic acid groups (broad SMARTS) is 1. The molecule has 0 spiro atoms. The number of aromatic nitrogens is 1. The van der Waals surface area contributed by atoms with E-state index in [4.69, 9.17) is 9.72 Å². The molecular formula is C31H31N2O3S-. The van der Waals surface area contributed by atoms with E-state index in [1.165, 1.54) is 11.1 Å². The number of carbonyl (C=O) groups is 1. The van der Waals surface area contributed by atoms with E-state index in [9.17, 15) is 9.90 Å². The third-order valence-electron chi connectivity index (χ3n) is 6.86. The first-order valence-corrected chi connectivity index (χ1v) is 13.8. The molecule has 0 saturated carbocycles. The van der Waals surface area contributed by atoms with Gasteiger partial charge >= 0.3 is 0 Å². The van der Waals surface area contributed by atoms with Crippen molar-refractivity contribution in [3.05, 3.63) is 100 Å². The molecule has 5 rings (SSSR count). The monoisotopic (exact) mass is 511 g/mol. The van der Waals surface area contributed by atoms with Crippen molar-refractivity contribution in [1.82, 2.24) is 4.98 Å². The van der Waals surface area contributed by atoms with Gasteiger partial charge in [0.25, 0.3) is 0 Å². The molecule has 1 unspecified atom stereocenters. The quantitative estimate of drug-likeness (QED) is 0.248. The largest absolute Gasteiger partial charge is 0.550 e. The maximum Gasteiger partial charge on any atom is 0.186 e. The standard InChI is InChI=1S/C31H32N2O3S/c1-2-16-33(31-32-29(21-37-31)24-6-4-3-5-7-24)19-22-8-10-23(11-9-22)20-36-27-14-15-28-25(17-27)12-13-26(28)18-30(34)35/h3-11,14-15,17,21,26H,2,12-13,16,18-20H2,1H3,(H,34,35)/p-1. The van der Waals surface area contributed by atoms with Crippen molar-refractivity contribution in [2.75, 3.05) is 11.4 Å². The van der Waals surface area contributed by atoms with Crippen molar-refractivity contribution in [2.24, 2.45) is 0 Å². The minimum absolute atomic E-state index is 0.0585. The number of aliphatic carboxylic acids is 1. The minimum atomic E-state index is -0.983. The highest BCUT2D eigenvalue weighted by molar-refractivity contribution is 7.14. The van der Waals surface area contributed by atoms with Crippen LogP contribution in [0.3, 0.4) is 0 Å². The molecule has 6 heteroatoms. The van der Waals surface area contributed by atoms with Crippen LogP contribution in [0.25, 0.3) is 11.3 Å². The zero-order valence-electron chi connectivity index (χ0n) is 21.1. The summed E-state index contributed by atoms with van der Waals surface area (Å²) in [5.41, 5.74) is 6.83. The van der Waals surface area contributed by atoms with Crippen LogP contribution in [0.15, 0.2) is 78.2 Å². The predicted octanol–water partition coefficient (Wildman–Crippen LogP) is 5.98. The second kappa shape index (κ2) is 11.6. The number of carboxylic acids is 1. The first-order valence-electron chi connectivity index (χ1n) is 12.9. The molecular weight excluding hydrogens is 480 g/mol. The molecule has 0 aliphatic heterocycles. The van der Waals surface area contributed by atoms with Crippen molar-refractivity contribution in [2.45, 2.75) is 51.7 Å². The Labute approximate surface area is 222 Å². The van der Waals surface area contributed by atoms with Crippen molar-refractivity contribution in [3.63, 3.8) is 0 Å². The summed E-state index contributed by atoms with van der Waals surface area (Å²) < 4.78 is 6.06. The van der Waals surface area contributed by atoms with Crippen LogP contribution >= 0.6 is 11.3 Å². The Hall–Kier alpha value is -3.64. The van der Waals surface area contributed by atoms with Gasteiger partial charge in [0.05, 0.1) is 5.69 Å². The topological polar surface area (TPSA) is 65.5 Å². The van der Waals surface area contributed by atoms with Crippen molar-refractivity contribution in [3.8, 4) is 17.0 Å². The summed E-state index contributed by atoms with van der Waals surface area (Å²) in [7, 11) is 0. The van der Waals surface area contributed by atoms with E-state index in [0.29, 0.717) is 6.61 Å². The first kappa shape index (κ1) is 25.0. The van der Waals surface area contributed by atoms with Crippen LogP contribution < -0.4 is 14.7 Å². The number of thiazole rings is 1. The Morgan fingerprint density at radius 3 is 2.62 bits per heavy atom. The van der Waals surface area contributed by atoms with Gasteiger partial charge in [-0.05, 0) is 66.0 Å². The number of fused-ring (bicyclic) bond motifs is 1. The van der Waals surface area contributed by atoms with Crippen LogP contribution in [0, 0.1) is 0 Å². The van der Waals surface area contributed by atoms with Crippen LogP contribution in [0.2, 0.25) is 0 Å². The molecule has 0 radical (unpaired) electrons. The van der Waals surface area contributed by atoms with Gasteiger partial charge in [0.1, 0.15) is 12.4 Å². The average Bonchev–Trinajstić information content (AvgIpc) is 3.56. The summed E-state index contributed by atoms with van der Waals surface area (Å²) in [5.74, 6) is -0.102. The van der Waals surface area contributed by atoms with E-state index in [-0.39, 0.29) is 12.3 Å². The molecule has 190 valence electrons. The van der Waals surface area contributed by atoms with E-state index in [1.54, 1.807) is 11.3 Å². The predicted molar refractivity (Wildman–Crippen MR) is 147 cm³/mol. The van der Waals surface area contributed by atoms with E-state index in [0.717, 1.165) is 65.6 Å². The summed E-state index contributed by atoms with van der Waals surface area (Å²) in [5, 5.41) is 14.2. The molecule has 3 aromatic carbocycles. The Kier molecular flexibility index (Phi) is 7.85. The number of anilines is 1. The second-order valence-electron chi connectivity index (χ2n) is 9.58. The number of nitrogens with zero attached hydrogens (tertiary/aromatic N) is 2. The van der Waals surface area contributed by atoms with Crippen LogP contribution in [0.4, 0.5) is 5.13 Å². The average molecular weight is 512 g/mol. The van der Waals surface area contributed by atoms with Crippen LogP contribution in [-0.2, 0) is 24.4 Å². The Balaban J connectivity index is 1.19. The SMILES string of the molecule is CCCN(Cc1ccc(COc2ccc3c(c2)CCC3CC(=O)[O-])cc1)c1nc(-c2ccccc2)cs1. The van der Waals surface area contributed by atoms with Gasteiger partial charge in [-0.25, -0.2) is 4.98 Å². The number of carbonyl (C=O) groups excluding carboxylic acids is 1. The zero-order chi connectivity index (χ0) is 25.6. The van der Waals surface area contributed by atoms with Gasteiger partial charge < -0.3 is 19.5 Å². The molecule has 37 heavy (non-hydrogen) atoms. The molecule has 0 N–H and O–H groups in total. The van der Waals surface area contributed by atoms with Gasteiger partial charge in [-0.1, -0.05) is 67.6 Å². The van der Waals surface area contributed by atoms with Gasteiger partial charge in [-0.15, -0.1) is 11.3 Å². The molecule has 1 aromatic heterocycles. The fraction of sp³-hybridized carbons (Fsp3) is 0.290. The molecule has 5 nitrogen and oxygen atoms in total. The first-order chi connectivity index (χ1) is 18.1. The number of benzene rings is 3. The molecule has 1 heterocycles. The maximum atomic E-state index is 11.0. The third kappa shape index (κ3) is 6.20. The van der Waals surface area contributed by atoms with E-state index < -0.39 is 5.97 Å². The number of aryl methyl sites for hydroxylation is 1. The van der Waals surface area contributed by atoms with Gasteiger partial charge in [0.15, 0.2) is 5.13 Å². The van der Waals surface area contributed by atoms with E-state index in [2.05, 4.69) is 59.7 Å². The molecule has 0 saturated heterocycles. The summed E-state index contributed by atoms with van der Waals surface area (Å²) in [6, 6.07) is 24.9. The molecule has 1 aliphatic carbocycles. The Morgan fingerprint density at radius 1 is 1.08 bits per heavy atom. The summed E-state index contributed by atoms with van der Waals surface area (Å²) >= 11 is 1.69. The zero-order valence-corrected chi connectivity index (χ0v) is 21.9. The molecule has 4 aromatic rings. The normalized spacial score (nSPS) is 14.4. The van der Waals surface area contributed by atoms with Gasteiger partial charge in [0, 0.05) is 30.0 Å². The van der Waals surface area contributed by atoms with Crippen LogP contribution in [0.1, 0.15) is 54.4 Å². The molecule has 0 bridgehead atoms. The van der Waals surface area contributed by atoms with Gasteiger partial charge in [-0.2, -0.15) is 0 Å². The lowest BCUT2D eigenvalue weighted by Gasteiger charge is -2.21. The highest BCUT2D eigenvalue weighted by atomic mass is 32.1. The third-order valence-corrected chi connectivity index (χ3v) is 7.76. The van der Waals surface area contributed by atoms with E-state index >= 15 is 0 Å². The fourth-order valence-electron chi connectivity index (χ4n) is 4.98. The lowest BCUT2D eigenvalue weighted by molar-refractivity contribution is -0.306. The minimum Gasteiger partial charge on any atom is -0.550 e. The number of ether oxygens (including phenoxy) is 1. The number of hydrogen-bond donors (Lipinski definition) is 0. The molecule has 0 fully saturated rings. The molecule has 1 atom stereocenters. The summed E-state index contributed by atoms with van der Waals surface area (Å²) in [6.07, 6.45) is 2.89. The highest BCUT2D eigenvalue weighted by Gasteiger charge is 2.23. The van der Waals surface area contributed by atoms with Crippen molar-refractivity contribution < 1.29 is 14.6 Å². The van der Waals surface area contributed by atoms with Crippen LogP contribution in [0.5, 0.6) is 5.75 Å². The second-order valence-corrected chi connectivity index (χ2v) is 10.4. The van der Waals surface area contributed by atoms with Crippen molar-refractivity contribution >= 4 is 22.4 Å². The number of hydrogen-bond acceptors (Lipinski definition) is 6. The summed E-state index contributed by atoms with van der Waals surface area (Å²) in [6.45, 7) is 4.46. The van der Waals surface area contributed by atoms with E-state index in [1.807, 2.05) is 30.3 Å². The summed E-state index contributed by atoms with van der Waals surface area (Å²) in [4.78, 5) is 18.3. The number of rotatable bonds is 11. The van der Waals surface area contributed by atoms with Crippen molar-refractivity contribution in [1.29, 1.82) is 0 Å². The Bertz CT molecular complexity index is 1330.